The number of aromatic carboxylic acids is 1. The van der Waals surface area contributed by atoms with Crippen LogP contribution < -0.4 is 0 Å². The Morgan fingerprint density at radius 1 is 0.964 bits per heavy atom. The van der Waals surface area contributed by atoms with E-state index in [0.717, 1.165) is 6.07 Å². The second-order valence-corrected chi connectivity index (χ2v) is 7.18. The van der Waals surface area contributed by atoms with Gasteiger partial charge in [-0.2, -0.15) is 8.42 Å². The van der Waals surface area contributed by atoms with E-state index in [2.05, 4.69) is 10.2 Å². The van der Waals surface area contributed by atoms with Crippen LogP contribution in [0, 0.1) is 6.92 Å². The van der Waals surface area contributed by atoms with Gasteiger partial charge in [0.15, 0.2) is 0 Å². The van der Waals surface area contributed by atoms with E-state index in [1.807, 2.05) is 0 Å². The SMILES string of the molecule is Cc1ccc(/N=N/c2cc(C(=O)O)c(O)c3ccccc23)c(S(=O)(=O)O)c1.[CaH2]. The van der Waals surface area contributed by atoms with E-state index in [1.54, 1.807) is 31.2 Å². The maximum absolute atomic E-state index is 11.6. The van der Waals surface area contributed by atoms with E-state index >= 15 is 0 Å². The fourth-order valence-corrected chi connectivity index (χ4v) is 3.31. The Morgan fingerprint density at radius 2 is 1.57 bits per heavy atom. The summed E-state index contributed by atoms with van der Waals surface area (Å²) in [5.74, 6) is -1.74. The zero-order valence-electron chi connectivity index (χ0n) is 14.0. The minimum atomic E-state index is -4.52. The van der Waals surface area contributed by atoms with Crippen LogP contribution in [-0.2, 0) is 10.1 Å². The van der Waals surface area contributed by atoms with Crippen molar-refractivity contribution >= 4 is 76.0 Å². The molecule has 0 heterocycles. The summed E-state index contributed by atoms with van der Waals surface area (Å²) in [6.45, 7) is 1.65. The average Bonchev–Trinajstić information content (AvgIpc) is 2.61. The van der Waals surface area contributed by atoms with E-state index in [4.69, 9.17) is 0 Å². The van der Waals surface area contributed by atoms with Gasteiger partial charge in [0.1, 0.15) is 21.9 Å². The molecule has 0 aliphatic rings. The molecule has 3 aromatic rings. The zero-order chi connectivity index (χ0) is 19.8. The van der Waals surface area contributed by atoms with Gasteiger partial charge in [0, 0.05) is 10.8 Å². The van der Waals surface area contributed by atoms with Crippen LogP contribution in [0.3, 0.4) is 0 Å². The van der Waals surface area contributed by atoms with Gasteiger partial charge in [-0.05, 0) is 30.7 Å². The third kappa shape index (κ3) is 4.50. The number of carbonyl (C=O) groups is 1. The number of nitrogens with zero attached hydrogens (tertiary/aromatic N) is 2. The summed E-state index contributed by atoms with van der Waals surface area (Å²) in [6, 6.07) is 11.8. The van der Waals surface area contributed by atoms with E-state index in [-0.39, 0.29) is 60.1 Å². The molecule has 8 nitrogen and oxygen atoms in total. The number of carboxylic acid groups (broad SMARTS) is 1. The number of rotatable bonds is 4. The van der Waals surface area contributed by atoms with Crippen LogP contribution in [0.2, 0.25) is 0 Å². The van der Waals surface area contributed by atoms with Crippen LogP contribution in [0.4, 0.5) is 11.4 Å². The van der Waals surface area contributed by atoms with Crippen LogP contribution in [0.5, 0.6) is 5.75 Å². The summed E-state index contributed by atoms with van der Waals surface area (Å²) in [7, 11) is -4.52. The van der Waals surface area contributed by atoms with Crippen LogP contribution in [-0.4, -0.2) is 66.9 Å². The van der Waals surface area contributed by atoms with Crippen LogP contribution >= 0.6 is 0 Å². The number of aromatic hydroxyl groups is 1. The molecule has 0 fully saturated rings. The summed E-state index contributed by atoms with van der Waals surface area (Å²) in [5, 5.41) is 28.0. The quantitative estimate of drug-likeness (QED) is 0.331. The van der Waals surface area contributed by atoms with Crippen molar-refractivity contribution in [2.24, 2.45) is 10.2 Å². The van der Waals surface area contributed by atoms with Gasteiger partial charge in [-0.25, -0.2) is 4.79 Å². The molecule has 0 aliphatic carbocycles. The number of aryl methyl sites for hydroxylation is 1. The summed E-state index contributed by atoms with van der Waals surface area (Å²) in [6.07, 6.45) is 0. The van der Waals surface area contributed by atoms with Gasteiger partial charge in [0.2, 0.25) is 0 Å². The number of benzene rings is 3. The predicted molar refractivity (Wildman–Crippen MR) is 106 cm³/mol. The number of hydrogen-bond donors (Lipinski definition) is 3. The van der Waals surface area contributed by atoms with Crippen molar-refractivity contribution in [3.63, 3.8) is 0 Å². The molecular weight excluding hydrogens is 412 g/mol. The minimum absolute atomic E-state index is 0. The third-order valence-corrected chi connectivity index (χ3v) is 4.77. The first-order valence-electron chi connectivity index (χ1n) is 7.66. The standard InChI is InChI=1S/C18H14N2O6S.Ca.2H/c1-10-6-7-14(16(8-10)27(24,25)26)19-20-15-9-13(18(22)23)17(21)12-5-3-2-4-11(12)15;;;/h2-9,21H,1H3,(H,22,23)(H,24,25,26);;;/b20-19+;;;. The predicted octanol–water partition coefficient (Wildman–Crippen LogP) is 3.30. The van der Waals surface area contributed by atoms with Gasteiger partial charge < -0.3 is 10.2 Å². The van der Waals surface area contributed by atoms with Crippen molar-refractivity contribution in [2.45, 2.75) is 11.8 Å². The van der Waals surface area contributed by atoms with E-state index < -0.39 is 26.7 Å². The Balaban J connectivity index is 0.00000280. The van der Waals surface area contributed by atoms with Gasteiger partial charge in [0.25, 0.3) is 10.1 Å². The number of phenols is 1. The zero-order valence-corrected chi connectivity index (χ0v) is 14.8. The van der Waals surface area contributed by atoms with E-state index in [1.165, 1.54) is 18.2 Å². The fraction of sp³-hybridized carbons (Fsp3) is 0.0556. The second-order valence-electron chi connectivity index (χ2n) is 5.79. The third-order valence-electron chi connectivity index (χ3n) is 3.88. The molecule has 0 unspecified atom stereocenters. The molecule has 3 rings (SSSR count). The van der Waals surface area contributed by atoms with Gasteiger partial charge in [-0.15, -0.1) is 10.2 Å². The number of fused-ring (bicyclic) bond motifs is 1. The Bertz CT molecular complexity index is 1210. The molecule has 0 atom stereocenters. The molecule has 10 heteroatoms. The van der Waals surface area contributed by atoms with Crippen molar-refractivity contribution in [1.29, 1.82) is 0 Å². The van der Waals surface area contributed by atoms with Crippen molar-refractivity contribution in [3.8, 4) is 5.75 Å². The Kier molecular flexibility index (Phi) is 6.79. The molecule has 0 aliphatic heterocycles. The molecule has 28 heavy (non-hydrogen) atoms. The van der Waals surface area contributed by atoms with E-state index in [0.29, 0.717) is 10.9 Å². The van der Waals surface area contributed by atoms with Crippen molar-refractivity contribution in [1.82, 2.24) is 0 Å². The Labute approximate surface area is 190 Å². The van der Waals surface area contributed by atoms with Crippen molar-refractivity contribution in [2.75, 3.05) is 0 Å². The first-order chi connectivity index (χ1) is 12.7. The number of azo groups is 1. The van der Waals surface area contributed by atoms with Gasteiger partial charge in [0.05, 0.1) is 5.69 Å². The fourth-order valence-electron chi connectivity index (χ4n) is 2.60. The Hall–Kier alpha value is -2.04. The monoisotopic (exact) mass is 428 g/mol. The summed E-state index contributed by atoms with van der Waals surface area (Å²) < 4.78 is 32.5. The first-order valence-corrected chi connectivity index (χ1v) is 9.10. The molecule has 0 radical (unpaired) electrons. The first kappa shape index (κ1) is 22.3. The molecule has 3 aromatic carbocycles. The molecule has 142 valence electrons. The second kappa shape index (κ2) is 8.54. The normalized spacial score (nSPS) is 11.5. The van der Waals surface area contributed by atoms with Crippen LogP contribution in [0.15, 0.2) is 63.7 Å². The molecule has 0 spiro atoms. The number of hydrogen-bond acceptors (Lipinski definition) is 6. The van der Waals surface area contributed by atoms with Crippen molar-refractivity contribution < 1.29 is 28.0 Å². The van der Waals surface area contributed by atoms with Gasteiger partial charge in [-0.3, -0.25) is 4.55 Å². The molecule has 0 saturated carbocycles. The molecule has 0 aromatic heterocycles. The Morgan fingerprint density at radius 3 is 2.18 bits per heavy atom. The van der Waals surface area contributed by atoms with Crippen LogP contribution in [0.1, 0.15) is 15.9 Å². The average molecular weight is 428 g/mol. The topological polar surface area (TPSA) is 137 Å². The molecule has 0 bridgehead atoms. The van der Waals surface area contributed by atoms with Crippen LogP contribution in [0.25, 0.3) is 10.8 Å². The molecule has 3 N–H and O–H groups in total. The number of carboxylic acids is 1. The summed E-state index contributed by atoms with van der Waals surface area (Å²) in [4.78, 5) is 11.0. The molecular formula is C18H16CaN2O6S. The van der Waals surface area contributed by atoms with E-state index in [9.17, 15) is 28.0 Å². The van der Waals surface area contributed by atoms with Gasteiger partial charge >= 0.3 is 43.7 Å². The summed E-state index contributed by atoms with van der Waals surface area (Å²) in [5.41, 5.74) is 0.270. The summed E-state index contributed by atoms with van der Waals surface area (Å²) >= 11 is 0. The van der Waals surface area contributed by atoms with Gasteiger partial charge in [-0.1, -0.05) is 30.3 Å². The molecule has 0 amide bonds. The molecule has 0 saturated heterocycles. The maximum atomic E-state index is 11.6. The van der Waals surface area contributed by atoms with Crippen molar-refractivity contribution in [3.05, 3.63) is 59.7 Å².